The van der Waals surface area contributed by atoms with Gasteiger partial charge in [-0.15, -0.1) is 0 Å². The summed E-state index contributed by atoms with van der Waals surface area (Å²) in [7, 11) is 1.88. The van der Waals surface area contributed by atoms with Gasteiger partial charge in [0.2, 0.25) is 0 Å². The summed E-state index contributed by atoms with van der Waals surface area (Å²) >= 11 is 3.56. The predicted octanol–water partition coefficient (Wildman–Crippen LogP) is 4.02. The van der Waals surface area contributed by atoms with Gasteiger partial charge in [-0.2, -0.15) is 0 Å². The second-order valence-corrected chi connectivity index (χ2v) is 5.69. The van der Waals surface area contributed by atoms with E-state index in [1.54, 1.807) is 6.33 Å². The summed E-state index contributed by atoms with van der Waals surface area (Å²) in [6.45, 7) is 5.01. The van der Waals surface area contributed by atoms with Gasteiger partial charge in [-0.3, -0.25) is 0 Å². The molecule has 4 nitrogen and oxygen atoms in total. The highest BCUT2D eigenvalue weighted by atomic mass is 79.9. The van der Waals surface area contributed by atoms with Crippen LogP contribution in [0.5, 0.6) is 0 Å². The van der Waals surface area contributed by atoms with E-state index in [0.717, 1.165) is 28.2 Å². The third-order valence-electron chi connectivity index (χ3n) is 3.10. The van der Waals surface area contributed by atoms with Crippen molar-refractivity contribution in [2.24, 2.45) is 0 Å². The Morgan fingerprint density at radius 2 is 1.85 bits per heavy atom. The molecule has 0 aliphatic rings. The lowest BCUT2D eigenvalue weighted by Gasteiger charge is -2.17. The van der Waals surface area contributed by atoms with Gasteiger partial charge in [-0.1, -0.05) is 48.0 Å². The maximum absolute atomic E-state index is 4.38. The second-order valence-electron chi connectivity index (χ2n) is 4.83. The summed E-state index contributed by atoms with van der Waals surface area (Å²) in [5.74, 6) is 2.11. The fourth-order valence-electron chi connectivity index (χ4n) is 2.10. The number of benzene rings is 1. The summed E-state index contributed by atoms with van der Waals surface area (Å²) in [6, 6.07) is 8.17. The van der Waals surface area contributed by atoms with E-state index in [1.165, 1.54) is 5.56 Å². The molecule has 0 bridgehead atoms. The Hall–Kier alpha value is -1.62. The Kier molecular flexibility index (Phi) is 4.95. The molecule has 0 aliphatic carbocycles. The van der Waals surface area contributed by atoms with Crippen molar-refractivity contribution in [1.82, 2.24) is 9.97 Å². The zero-order valence-corrected chi connectivity index (χ0v) is 13.5. The Balaban J connectivity index is 2.24. The third kappa shape index (κ3) is 3.28. The number of anilines is 2. The quantitative estimate of drug-likeness (QED) is 0.867. The zero-order valence-electron chi connectivity index (χ0n) is 11.9. The fraction of sp³-hybridized carbons (Fsp3) is 0.333. The first-order valence-corrected chi connectivity index (χ1v) is 7.42. The summed E-state index contributed by atoms with van der Waals surface area (Å²) in [6.07, 6.45) is 1.58. The second kappa shape index (κ2) is 6.70. The Labute approximate surface area is 128 Å². The van der Waals surface area contributed by atoms with Gasteiger partial charge in [0, 0.05) is 23.6 Å². The maximum atomic E-state index is 4.38. The van der Waals surface area contributed by atoms with E-state index in [9.17, 15) is 0 Å². The van der Waals surface area contributed by atoms with Gasteiger partial charge in [0.05, 0.1) is 0 Å². The molecule has 0 atom stereocenters. The average Bonchev–Trinajstić information content (AvgIpc) is 2.45. The molecule has 0 saturated carbocycles. The third-order valence-corrected chi connectivity index (χ3v) is 3.88. The number of hydrogen-bond donors (Lipinski definition) is 2. The van der Waals surface area contributed by atoms with Crippen LogP contribution in [0, 0.1) is 0 Å². The van der Waals surface area contributed by atoms with Gasteiger partial charge >= 0.3 is 0 Å². The lowest BCUT2D eigenvalue weighted by Crippen LogP contribution is -2.09. The molecule has 20 heavy (non-hydrogen) atoms. The minimum atomic E-state index is 0.348. The predicted molar refractivity (Wildman–Crippen MR) is 87.1 cm³/mol. The highest BCUT2D eigenvalue weighted by Gasteiger charge is 2.14. The van der Waals surface area contributed by atoms with Crippen LogP contribution in [-0.4, -0.2) is 17.0 Å². The fourth-order valence-corrected chi connectivity index (χ4v) is 2.53. The molecule has 106 valence electrons. The highest BCUT2D eigenvalue weighted by molar-refractivity contribution is 9.10. The Morgan fingerprint density at radius 1 is 1.15 bits per heavy atom. The first-order valence-electron chi connectivity index (χ1n) is 6.63. The Morgan fingerprint density at radius 3 is 2.50 bits per heavy atom. The maximum Gasteiger partial charge on any atom is 0.135 e. The van der Waals surface area contributed by atoms with E-state index in [2.05, 4.69) is 56.4 Å². The van der Waals surface area contributed by atoms with Crippen LogP contribution in [0.25, 0.3) is 0 Å². The van der Waals surface area contributed by atoms with Crippen molar-refractivity contribution in [3.8, 4) is 0 Å². The first kappa shape index (κ1) is 14.8. The topological polar surface area (TPSA) is 49.8 Å². The van der Waals surface area contributed by atoms with Gasteiger partial charge in [0.25, 0.3) is 0 Å². The van der Waals surface area contributed by atoms with Crippen LogP contribution in [0.1, 0.15) is 30.9 Å². The van der Waals surface area contributed by atoms with Crippen molar-refractivity contribution >= 4 is 27.6 Å². The molecule has 0 radical (unpaired) electrons. The normalized spacial score (nSPS) is 10.7. The van der Waals surface area contributed by atoms with Crippen LogP contribution in [0.4, 0.5) is 11.6 Å². The van der Waals surface area contributed by atoms with Crippen LogP contribution in [0.2, 0.25) is 0 Å². The van der Waals surface area contributed by atoms with E-state index in [4.69, 9.17) is 0 Å². The lowest BCUT2D eigenvalue weighted by atomic mass is 10.0. The molecule has 0 unspecified atom stereocenters. The van der Waals surface area contributed by atoms with Crippen LogP contribution >= 0.6 is 15.9 Å². The van der Waals surface area contributed by atoms with Crippen LogP contribution in [-0.2, 0) is 6.54 Å². The zero-order chi connectivity index (χ0) is 14.5. The van der Waals surface area contributed by atoms with Crippen molar-refractivity contribution in [3.63, 3.8) is 0 Å². The SMILES string of the molecule is CNc1ncnc(NCc2ccccc2Br)c1C(C)C. The lowest BCUT2D eigenvalue weighted by molar-refractivity contribution is 0.846. The first-order chi connectivity index (χ1) is 9.63. The number of nitrogens with zero attached hydrogens (tertiary/aromatic N) is 2. The standard InChI is InChI=1S/C15H19BrN4/c1-10(2)13-14(17-3)19-9-20-15(13)18-8-11-6-4-5-7-12(11)16/h4-7,9-10H,8H2,1-3H3,(H2,17,18,19,20). The molecule has 1 aromatic carbocycles. The smallest absolute Gasteiger partial charge is 0.135 e. The van der Waals surface area contributed by atoms with E-state index in [0.29, 0.717) is 5.92 Å². The van der Waals surface area contributed by atoms with Crippen LogP contribution in [0.15, 0.2) is 35.1 Å². The van der Waals surface area contributed by atoms with Gasteiger partial charge in [-0.25, -0.2) is 9.97 Å². The van der Waals surface area contributed by atoms with Gasteiger partial charge in [-0.05, 0) is 17.5 Å². The molecule has 2 N–H and O–H groups in total. The molecule has 1 aromatic heterocycles. The van der Waals surface area contributed by atoms with Gasteiger partial charge < -0.3 is 10.6 Å². The van der Waals surface area contributed by atoms with Gasteiger partial charge in [0.1, 0.15) is 18.0 Å². The molecule has 0 fully saturated rings. The molecule has 5 heteroatoms. The number of rotatable bonds is 5. The van der Waals surface area contributed by atoms with Crippen molar-refractivity contribution in [3.05, 3.63) is 46.2 Å². The molecule has 2 rings (SSSR count). The Bertz CT molecular complexity index is 584. The molecule has 0 spiro atoms. The van der Waals surface area contributed by atoms with Crippen molar-refractivity contribution < 1.29 is 0 Å². The molecular weight excluding hydrogens is 316 g/mol. The van der Waals surface area contributed by atoms with E-state index >= 15 is 0 Å². The molecule has 0 amide bonds. The summed E-state index contributed by atoms with van der Waals surface area (Å²) in [5.41, 5.74) is 2.31. The molecule has 2 aromatic rings. The molecular formula is C15H19BrN4. The number of hydrogen-bond acceptors (Lipinski definition) is 4. The summed E-state index contributed by atoms with van der Waals surface area (Å²) in [4.78, 5) is 8.66. The van der Waals surface area contributed by atoms with Crippen molar-refractivity contribution in [1.29, 1.82) is 0 Å². The summed E-state index contributed by atoms with van der Waals surface area (Å²) < 4.78 is 1.10. The van der Waals surface area contributed by atoms with E-state index in [-0.39, 0.29) is 0 Å². The van der Waals surface area contributed by atoms with Crippen molar-refractivity contribution in [2.75, 3.05) is 17.7 Å². The van der Waals surface area contributed by atoms with Crippen LogP contribution < -0.4 is 10.6 Å². The number of halogens is 1. The molecule has 1 heterocycles. The highest BCUT2D eigenvalue weighted by Crippen LogP contribution is 2.28. The monoisotopic (exact) mass is 334 g/mol. The van der Waals surface area contributed by atoms with E-state index in [1.807, 2.05) is 25.2 Å². The average molecular weight is 335 g/mol. The minimum absolute atomic E-state index is 0.348. The number of aromatic nitrogens is 2. The molecule has 0 aliphatic heterocycles. The summed E-state index contributed by atoms with van der Waals surface area (Å²) in [5, 5.41) is 6.53. The van der Waals surface area contributed by atoms with Crippen LogP contribution in [0.3, 0.4) is 0 Å². The number of nitrogens with one attached hydrogen (secondary N) is 2. The van der Waals surface area contributed by atoms with Crippen molar-refractivity contribution in [2.45, 2.75) is 26.3 Å². The minimum Gasteiger partial charge on any atom is -0.373 e. The van der Waals surface area contributed by atoms with Gasteiger partial charge in [0.15, 0.2) is 0 Å². The largest absolute Gasteiger partial charge is 0.373 e. The van der Waals surface area contributed by atoms with E-state index < -0.39 is 0 Å². The molecule has 0 saturated heterocycles.